The molecule has 1 amide bonds. The summed E-state index contributed by atoms with van der Waals surface area (Å²) in [6.07, 6.45) is 0.426. The third-order valence-electron chi connectivity index (χ3n) is 3.28. The van der Waals surface area contributed by atoms with Crippen molar-refractivity contribution in [3.8, 4) is 0 Å². The van der Waals surface area contributed by atoms with Gasteiger partial charge in [0.1, 0.15) is 0 Å². The van der Waals surface area contributed by atoms with Gasteiger partial charge in [-0.05, 0) is 53.0 Å². The fourth-order valence-corrected chi connectivity index (χ4v) is 2.55. The molecular weight excluding hydrogens is 328 g/mol. The number of amides is 1. The highest BCUT2D eigenvalue weighted by atomic mass is 79.9. The molecule has 2 N–H and O–H groups in total. The van der Waals surface area contributed by atoms with Crippen LogP contribution in [0.2, 0.25) is 0 Å². The quantitative estimate of drug-likeness (QED) is 0.836. The lowest BCUT2D eigenvalue weighted by Gasteiger charge is -2.12. The lowest BCUT2D eigenvalue weighted by atomic mass is 10.1. The molecular formula is C17H19BrN2O. The van der Waals surface area contributed by atoms with Crippen molar-refractivity contribution in [3.05, 3.63) is 58.1 Å². The molecule has 2 rings (SSSR count). The molecule has 0 aliphatic carbocycles. The second-order valence-electron chi connectivity index (χ2n) is 4.97. The van der Waals surface area contributed by atoms with Gasteiger partial charge in [0.2, 0.25) is 5.91 Å². The highest BCUT2D eigenvalue weighted by molar-refractivity contribution is 9.10. The maximum Gasteiger partial charge on any atom is 0.226 e. The molecule has 0 heterocycles. The third-order valence-corrected chi connectivity index (χ3v) is 3.97. The van der Waals surface area contributed by atoms with Gasteiger partial charge in [0.15, 0.2) is 0 Å². The van der Waals surface area contributed by atoms with Crippen LogP contribution in [0.1, 0.15) is 17.5 Å². The van der Waals surface area contributed by atoms with E-state index in [0.717, 1.165) is 15.8 Å². The van der Waals surface area contributed by atoms with Crippen molar-refractivity contribution >= 4 is 33.2 Å². The van der Waals surface area contributed by atoms with E-state index in [4.69, 9.17) is 0 Å². The van der Waals surface area contributed by atoms with Crippen molar-refractivity contribution in [1.29, 1.82) is 0 Å². The van der Waals surface area contributed by atoms with Crippen LogP contribution in [0, 0.1) is 13.8 Å². The number of benzene rings is 2. The van der Waals surface area contributed by atoms with Gasteiger partial charge < -0.3 is 10.6 Å². The smallest absolute Gasteiger partial charge is 0.226 e. The van der Waals surface area contributed by atoms with E-state index in [0.29, 0.717) is 13.0 Å². The van der Waals surface area contributed by atoms with Gasteiger partial charge in [0, 0.05) is 23.1 Å². The van der Waals surface area contributed by atoms with Gasteiger partial charge in [-0.2, -0.15) is 0 Å². The highest BCUT2D eigenvalue weighted by Crippen LogP contribution is 2.22. The van der Waals surface area contributed by atoms with Crippen molar-refractivity contribution < 1.29 is 4.79 Å². The Labute approximate surface area is 133 Å². The number of para-hydroxylation sites is 2. The zero-order chi connectivity index (χ0) is 15.2. The van der Waals surface area contributed by atoms with E-state index in [-0.39, 0.29) is 5.91 Å². The Kier molecular flexibility index (Phi) is 5.39. The highest BCUT2D eigenvalue weighted by Gasteiger charge is 2.06. The van der Waals surface area contributed by atoms with Gasteiger partial charge in [0.05, 0.1) is 5.69 Å². The van der Waals surface area contributed by atoms with Gasteiger partial charge in [-0.3, -0.25) is 4.79 Å². The standard InChI is InChI=1S/C17H19BrN2O/c1-12-6-5-7-13(2)17(12)19-11-10-16(21)20-15-9-4-3-8-14(15)18/h3-9,19H,10-11H2,1-2H3,(H,20,21). The molecule has 2 aromatic carbocycles. The Bertz CT molecular complexity index is 620. The molecule has 0 unspecified atom stereocenters. The zero-order valence-corrected chi connectivity index (χ0v) is 13.8. The van der Waals surface area contributed by atoms with E-state index in [1.165, 1.54) is 11.1 Å². The van der Waals surface area contributed by atoms with E-state index in [1.807, 2.05) is 30.3 Å². The summed E-state index contributed by atoms with van der Waals surface area (Å²) in [5.41, 5.74) is 4.31. The molecule has 0 aliphatic heterocycles. The maximum atomic E-state index is 12.0. The number of carbonyl (C=O) groups is 1. The summed E-state index contributed by atoms with van der Waals surface area (Å²) in [4.78, 5) is 12.0. The first-order chi connectivity index (χ1) is 10.1. The molecule has 0 bridgehead atoms. The number of aryl methyl sites for hydroxylation is 2. The summed E-state index contributed by atoms with van der Waals surface area (Å²) >= 11 is 3.42. The largest absolute Gasteiger partial charge is 0.384 e. The maximum absolute atomic E-state index is 12.0. The Morgan fingerprint density at radius 3 is 2.38 bits per heavy atom. The average Bonchev–Trinajstić information content (AvgIpc) is 2.45. The van der Waals surface area contributed by atoms with E-state index in [1.54, 1.807) is 0 Å². The van der Waals surface area contributed by atoms with E-state index in [9.17, 15) is 4.79 Å². The second kappa shape index (κ2) is 7.27. The summed E-state index contributed by atoms with van der Waals surface area (Å²) in [5.74, 6) is 0.000590. The minimum absolute atomic E-state index is 0.000590. The number of nitrogens with one attached hydrogen (secondary N) is 2. The normalized spacial score (nSPS) is 10.2. The van der Waals surface area contributed by atoms with Crippen molar-refractivity contribution in [1.82, 2.24) is 0 Å². The van der Waals surface area contributed by atoms with Crippen molar-refractivity contribution in [3.63, 3.8) is 0 Å². The second-order valence-corrected chi connectivity index (χ2v) is 5.83. The van der Waals surface area contributed by atoms with Crippen LogP contribution >= 0.6 is 15.9 Å². The van der Waals surface area contributed by atoms with Gasteiger partial charge in [0.25, 0.3) is 0 Å². The number of carbonyl (C=O) groups excluding carboxylic acids is 1. The zero-order valence-electron chi connectivity index (χ0n) is 12.2. The molecule has 0 atom stereocenters. The number of hydrogen-bond donors (Lipinski definition) is 2. The molecule has 110 valence electrons. The Morgan fingerprint density at radius 1 is 1.05 bits per heavy atom. The van der Waals surface area contributed by atoms with Crippen molar-refractivity contribution in [2.24, 2.45) is 0 Å². The van der Waals surface area contributed by atoms with Gasteiger partial charge in [-0.25, -0.2) is 0 Å². The first kappa shape index (κ1) is 15.6. The van der Waals surface area contributed by atoms with Crippen molar-refractivity contribution in [2.45, 2.75) is 20.3 Å². The van der Waals surface area contributed by atoms with Crippen LogP contribution in [0.25, 0.3) is 0 Å². The van der Waals surface area contributed by atoms with Crippen LogP contribution in [-0.4, -0.2) is 12.5 Å². The topological polar surface area (TPSA) is 41.1 Å². The van der Waals surface area contributed by atoms with Gasteiger partial charge >= 0.3 is 0 Å². The summed E-state index contributed by atoms with van der Waals surface area (Å²) in [7, 11) is 0. The van der Waals surface area contributed by atoms with E-state index < -0.39 is 0 Å². The molecule has 4 heteroatoms. The molecule has 21 heavy (non-hydrogen) atoms. The Hall–Kier alpha value is -1.81. The lowest BCUT2D eigenvalue weighted by Crippen LogP contribution is -2.17. The predicted molar refractivity (Wildman–Crippen MR) is 91.8 cm³/mol. The number of hydrogen-bond acceptors (Lipinski definition) is 2. The summed E-state index contributed by atoms with van der Waals surface area (Å²) in [5, 5.41) is 6.24. The van der Waals surface area contributed by atoms with Crippen molar-refractivity contribution in [2.75, 3.05) is 17.2 Å². The van der Waals surface area contributed by atoms with Gasteiger partial charge in [-0.1, -0.05) is 30.3 Å². The molecule has 3 nitrogen and oxygen atoms in total. The molecule has 0 aliphatic rings. The summed E-state index contributed by atoms with van der Waals surface area (Å²) in [6.45, 7) is 4.74. The number of halogens is 1. The van der Waals surface area contributed by atoms with Crippen LogP contribution in [0.5, 0.6) is 0 Å². The Morgan fingerprint density at radius 2 is 1.71 bits per heavy atom. The minimum Gasteiger partial charge on any atom is -0.384 e. The monoisotopic (exact) mass is 346 g/mol. The molecule has 0 saturated carbocycles. The molecule has 2 aromatic rings. The summed E-state index contributed by atoms with van der Waals surface area (Å²) in [6, 6.07) is 13.8. The van der Waals surface area contributed by atoms with Crippen LogP contribution < -0.4 is 10.6 Å². The molecule has 0 fully saturated rings. The third kappa shape index (κ3) is 4.33. The van der Waals surface area contributed by atoms with Crippen LogP contribution in [0.15, 0.2) is 46.9 Å². The van der Waals surface area contributed by atoms with Crippen LogP contribution in [0.3, 0.4) is 0 Å². The Balaban J connectivity index is 1.86. The lowest BCUT2D eigenvalue weighted by molar-refractivity contribution is -0.115. The average molecular weight is 347 g/mol. The minimum atomic E-state index is 0.000590. The molecule has 0 aromatic heterocycles. The van der Waals surface area contributed by atoms with E-state index in [2.05, 4.69) is 52.5 Å². The number of rotatable bonds is 5. The fourth-order valence-electron chi connectivity index (χ4n) is 2.17. The molecule has 0 spiro atoms. The van der Waals surface area contributed by atoms with Crippen LogP contribution in [0.4, 0.5) is 11.4 Å². The summed E-state index contributed by atoms with van der Waals surface area (Å²) < 4.78 is 0.890. The SMILES string of the molecule is Cc1cccc(C)c1NCCC(=O)Nc1ccccc1Br. The first-order valence-electron chi connectivity index (χ1n) is 6.92. The first-order valence-corrected chi connectivity index (χ1v) is 7.71. The molecule has 0 radical (unpaired) electrons. The number of anilines is 2. The predicted octanol–water partition coefficient (Wildman–Crippen LogP) is 4.51. The van der Waals surface area contributed by atoms with E-state index >= 15 is 0 Å². The van der Waals surface area contributed by atoms with Gasteiger partial charge in [-0.15, -0.1) is 0 Å². The fraction of sp³-hybridized carbons (Fsp3) is 0.235. The van der Waals surface area contributed by atoms with Crippen LogP contribution in [-0.2, 0) is 4.79 Å². The molecule has 0 saturated heterocycles.